The zero-order valence-electron chi connectivity index (χ0n) is 9.63. The SMILES string of the molecule is C=CC1=C(/C=C\C)C(CC(=O)S)n2cncc21. The third kappa shape index (κ3) is 2.00. The Morgan fingerprint density at radius 1 is 1.71 bits per heavy atom. The molecule has 4 heteroatoms. The molecule has 1 aromatic rings. The van der Waals surface area contributed by atoms with Gasteiger partial charge in [0.2, 0.25) is 0 Å². The number of carbonyl (C=O) groups excluding carboxylic acids is 1. The third-order valence-electron chi connectivity index (χ3n) is 2.87. The van der Waals surface area contributed by atoms with Crippen LogP contribution in [0.1, 0.15) is 25.1 Å². The monoisotopic (exact) mass is 246 g/mol. The first kappa shape index (κ1) is 11.9. The Morgan fingerprint density at radius 3 is 3.06 bits per heavy atom. The van der Waals surface area contributed by atoms with Gasteiger partial charge in [0.05, 0.1) is 24.3 Å². The maximum Gasteiger partial charge on any atom is 0.188 e. The van der Waals surface area contributed by atoms with Crippen LogP contribution in [0.15, 0.2) is 42.9 Å². The second-order valence-corrected chi connectivity index (χ2v) is 4.37. The van der Waals surface area contributed by atoms with Gasteiger partial charge in [0.1, 0.15) is 0 Å². The molecule has 0 bridgehead atoms. The largest absolute Gasteiger partial charge is 0.322 e. The average molecular weight is 246 g/mol. The number of fused-ring (bicyclic) bond motifs is 1. The molecule has 0 spiro atoms. The van der Waals surface area contributed by atoms with Crippen molar-refractivity contribution in [3.63, 3.8) is 0 Å². The topological polar surface area (TPSA) is 34.9 Å². The number of hydrogen-bond donors (Lipinski definition) is 1. The van der Waals surface area contributed by atoms with E-state index in [1.807, 2.05) is 29.7 Å². The highest BCUT2D eigenvalue weighted by Crippen LogP contribution is 2.39. The minimum atomic E-state index is -0.123. The van der Waals surface area contributed by atoms with Gasteiger partial charge in [-0.05, 0) is 12.5 Å². The molecular weight excluding hydrogens is 232 g/mol. The summed E-state index contributed by atoms with van der Waals surface area (Å²) in [5.41, 5.74) is 3.15. The van der Waals surface area contributed by atoms with Crippen LogP contribution in [0.5, 0.6) is 0 Å². The van der Waals surface area contributed by atoms with Crippen molar-refractivity contribution in [1.82, 2.24) is 9.55 Å². The van der Waals surface area contributed by atoms with Crippen LogP contribution in [0.4, 0.5) is 0 Å². The van der Waals surface area contributed by atoms with Crippen LogP contribution in [-0.4, -0.2) is 14.7 Å². The van der Waals surface area contributed by atoms with Crippen LogP contribution in [-0.2, 0) is 4.79 Å². The van der Waals surface area contributed by atoms with Gasteiger partial charge >= 0.3 is 0 Å². The summed E-state index contributed by atoms with van der Waals surface area (Å²) in [6.45, 7) is 5.79. The lowest BCUT2D eigenvalue weighted by molar-refractivity contribution is -0.111. The summed E-state index contributed by atoms with van der Waals surface area (Å²) in [4.78, 5) is 15.3. The molecule has 1 unspecified atom stereocenters. The molecule has 0 aliphatic carbocycles. The standard InChI is InChI=1S/C13H14N2OS/c1-3-5-10-9(4-2)12-7-14-8-15(12)11(10)6-13(16)17/h3-5,7-8,11H,2,6H2,1H3,(H,16,17)/b5-3-. The first-order chi connectivity index (χ1) is 8.19. The molecule has 0 saturated carbocycles. The molecule has 0 N–H and O–H groups in total. The summed E-state index contributed by atoms with van der Waals surface area (Å²) in [5, 5.41) is -0.123. The Labute approximate surface area is 106 Å². The molecule has 1 aliphatic heterocycles. The molecule has 17 heavy (non-hydrogen) atoms. The molecule has 1 aliphatic rings. The van der Waals surface area contributed by atoms with Crippen molar-refractivity contribution in [3.8, 4) is 0 Å². The average Bonchev–Trinajstić information content (AvgIpc) is 2.82. The number of allylic oxidation sites excluding steroid dienone is 5. The number of rotatable bonds is 4. The summed E-state index contributed by atoms with van der Waals surface area (Å²) in [5.74, 6) is 0. The maximum atomic E-state index is 11.2. The van der Waals surface area contributed by atoms with E-state index < -0.39 is 0 Å². The minimum Gasteiger partial charge on any atom is -0.322 e. The number of hydrogen-bond acceptors (Lipinski definition) is 2. The highest BCUT2D eigenvalue weighted by atomic mass is 32.1. The Balaban J connectivity index is 2.53. The first-order valence-corrected chi connectivity index (χ1v) is 5.87. The van der Waals surface area contributed by atoms with Gasteiger partial charge < -0.3 is 4.57 Å². The Kier molecular flexibility index (Phi) is 3.33. The Bertz CT molecular complexity index is 525. The second kappa shape index (κ2) is 4.75. The lowest BCUT2D eigenvalue weighted by Crippen LogP contribution is -2.09. The van der Waals surface area contributed by atoms with Gasteiger partial charge in [-0.15, -0.1) is 12.6 Å². The van der Waals surface area contributed by atoms with Crippen LogP contribution in [0.2, 0.25) is 0 Å². The third-order valence-corrected chi connectivity index (χ3v) is 3.05. The van der Waals surface area contributed by atoms with Crippen molar-refractivity contribution < 1.29 is 4.79 Å². The van der Waals surface area contributed by atoms with Gasteiger partial charge in [-0.1, -0.05) is 24.8 Å². The van der Waals surface area contributed by atoms with E-state index in [9.17, 15) is 4.79 Å². The molecule has 3 nitrogen and oxygen atoms in total. The van der Waals surface area contributed by atoms with Gasteiger partial charge in [-0.3, -0.25) is 4.79 Å². The van der Waals surface area contributed by atoms with Crippen molar-refractivity contribution >= 4 is 23.3 Å². The quantitative estimate of drug-likeness (QED) is 0.829. The molecule has 0 amide bonds. The normalized spacial score (nSPS) is 18.8. The van der Waals surface area contributed by atoms with Crippen molar-refractivity contribution in [2.75, 3.05) is 0 Å². The first-order valence-electron chi connectivity index (χ1n) is 5.42. The zero-order chi connectivity index (χ0) is 12.4. The summed E-state index contributed by atoms with van der Waals surface area (Å²) < 4.78 is 2.00. The van der Waals surface area contributed by atoms with Gasteiger partial charge in [0.15, 0.2) is 5.12 Å². The van der Waals surface area contributed by atoms with E-state index in [0.29, 0.717) is 6.42 Å². The van der Waals surface area contributed by atoms with E-state index in [1.165, 1.54) is 0 Å². The second-order valence-electron chi connectivity index (χ2n) is 3.87. The van der Waals surface area contributed by atoms with E-state index in [4.69, 9.17) is 0 Å². The molecule has 2 rings (SSSR count). The molecule has 2 heterocycles. The van der Waals surface area contributed by atoms with E-state index >= 15 is 0 Å². The smallest absolute Gasteiger partial charge is 0.188 e. The van der Waals surface area contributed by atoms with E-state index in [1.54, 1.807) is 12.5 Å². The van der Waals surface area contributed by atoms with Crippen LogP contribution in [0, 0.1) is 0 Å². The van der Waals surface area contributed by atoms with Crippen LogP contribution in [0.3, 0.4) is 0 Å². The van der Waals surface area contributed by atoms with Crippen molar-refractivity contribution in [1.29, 1.82) is 0 Å². The number of carbonyl (C=O) groups is 1. The Hall–Kier alpha value is -1.55. The van der Waals surface area contributed by atoms with Gasteiger partial charge in [0, 0.05) is 12.0 Å². The van der Waals surface area contributed by atoms with Gasteiger partial charge in [-0.25, -0.2) is 4.98 Å². The molecule has 0 fully saturated rings. The highest BCUT2D eigenvalue weighted by molar-refractivity contribution is 7.96. The molecule has 88 valence electrons. The lowest BCUT2D eigenvalue weighted by Gasteiger charge is -2.13. The fraction of sp³-hybridized carbons (Fsp3) is 0.231. The minimum absolute atomic E-state index is 0.0123. The summed E-state index contributed by atoms with van der Waals surface area (Å²) in [6, 6.07) is -0.0123. The Morgan fingerprint density at radius 2 is 2.47 bits per heavy atom. The van der Waals surface area contributed by atoms with Crippen molar-refractivity contribution in [3.05, 3.63) is 48.6 Å². The van der Waals surface area contributed by atoms with E-state index in [-0.39, 0.29) is 11.2 Å². The van der Waals surface area contributed by atoms with Gasteiger partial charge in [-0.2, -0.15) is 0 Å². The van der Waals surface area contributed by atoms with Crippen molar-refractivity contribution in [2.24, 2.45) is 0 Å². The molecule has 0 aromatic carbocycles. The number of thiol groups is 1. The molecule has 0 radical (unpaired) electrons. The molecule has 1 aromatic heterocycles. The highest BCUT2D eigenvalue weighted by Gasteiger charge is 2.29. The van der Waals surface area contributed by atoms with E-state index in [2.05, 4.69) is 24.2 Å². The van der Waals surface area contributed by atoms with Crippen LogP contribution >= 0.6 is 12.6 Å². The van der Waals surface area contributed by atoms with Crippen LogP contribution < -0.4 is 0 Å². The van der Waals surface area contributed by atoms with E-state index in [0.717, 1.165) is 16.8 Å². The molecule has 0 saturated heterocycles. The summed E-state index contributed by atoms with van der Waals surface area (Å²) in [6.07, 6.45) is 9.70. The van der Waals surface area contributed by atoms with Crippen LogP contribution in [0.25, 0.3) is 5.57 Å². The number of imidazole rings is 1. The number of aromatic nitrogens is 2. The van der Waals surface area contributed by atoms with Crippen molar-refractivity contribution in [2.45, 2.75) is 19.4 Å². The predicted molar refractivity (Wildman–Crippen MR) is 71.8 cm³/mol. The number of nitrogens with zero attached hydrogens (tertiary/aromatic N) is 2. The van der Waals surface area contributed by atoms with Gasteiger partial charge in [0.25, 0.3) is 0 Å². The summed E-state index contributed by atoms with van der Waals surface area (Å²) >= 11 is 3.87. The zero-order valence-corrected chi connectivity index (χ0v) is 10.5. The molecule has 1 atom stereocenters. The summed E-state index contributed by atoms with van der Waals surface area (Å²) in [7, 11) is 0. The fourth-order valence-corrected chi connectivity index (χ4v) is 2.39. The maximum absolute atomic E-state index is 11.2. The predicted octanol–water partition coefficient (Wildman–Crippen LogP) is 2.80. The fourth-order valence-electron chi connectivity index (χ4n) is 2.22. The lowest BCUT2D eigenvalue weighted by atomic mass is 10.0. The molecular formula is C13H14N2OS.